The van der Waals surface area contributed by atoms with E-state index in [2.05, 4.69) is 25.2 Å². The maximum Gasteiger partial charge on any atom is 0.0938 e. The first-order valence-corrected chi connectivity index (χ1v) is 4.47. The summed E-state index contributed by atoms with van der Waals surface area (Å²) in [5.41, 5.74) is 1.55. The fourth-order valence-electron chi connectivity index (χ4n) is 2.08. The van der Waals surface area contributed by atoms with Crippen molar-refractivity contribution in [3.8, 4) is 0 Å². The molecule has 1 aliphatic rings. The minimum absolute atomic E-state index is 0.226. The Balaban J connectivity index is 2.25. The number of nitrogens with one attached hydrogen (secondary N) is 1. The second-order valence-electron chi connectivity index (χ2n) is 4.05. The molecule has 1 atom stereocenters. The maximum atomic E-state index is 5.09. The monoisotopic (exact) mass is 165 g/mol. The Morgan fingerprint density at radius 3 is 2.92 bits per heavy atom. The van der Waals surface area contributed by atoms with Crippen LogP contribution >= 0.6 is 0 Å². The Morgan fingerprint density at radius 2 is 2.42 bits per heavy atom. The molecule has 1 unspecified atom stereocenters. The van der Waals surface area contributed by atoms with Crippen molar-refractivity contribution < 1.29 is 4.42 Å². The first-order chi connectivity index (χ1) is 5.70. The summed E-state index contributed by atoms with van der Waals surface area (Å²) < 4.78 is 5.09. The SMILES string of the molecule is CC1(C)NCCC1c1ccoc1. The Hall–Kier alpha value is -0.760. The van der Waals surface area contributed by atoms with Gasteiger partial charge < -0.3 is 9.73 Å². The van der Waals surface area contributed by atoms with Crippen LogP contribution in [0.2, 0.25) is 0 Å². The van der Waals surface area contributed by atoms with Crippen molar-refractivity contribution in [2.24, 2.45) is 0 Å². The molecule has 2 nitrogen and oxygen atoms in total. The van der Waals surface area contributed by atoms with E-state index >= 15 is 0 Å². The molecule has 0 amide bonds. The Kier molecular flexibility index (Phi) is 1.72. The minimum atomic E-state index is 0.226. The minimum Gasteiger partial charge on any atom is -0.472 e. The average molecular weight is 165 g/mol. The predicted octanol–water partition coefficient (Wildman–Crippen LogP) is 2.14. The average Bonchev–Trinajstić information content (AvgIpc) is 2.55. The van der Waals surface area contributed by atoms with Crippen molar-refractivity contribution in [1.82, 2.24) is 5.32 Å². The van der Waals surface area contributed by atoms with Crippen LogP contribution in [0, 0.1) is 0 Å². The quantitative estimate of drug-likeness (QED) is 0.689. The summed E-state index contributed by atoms with van der Waals surface area (Å²) in [5, 5.41) is 3.49. The van der Waals surface area contributed by atoms with Gasteiger partial charge in [-0.2, -0.15) is 0 Å². The van der Waals surface area contributed by atoms with Gasteiger partial charge in [0.25, 0.3) is 0 Å². The van der Waals surface area contributed by atoms with Gasteiger partial charge in [0.2, 0.25) is 0 Å². The van der Waals surface area contributed by atoms with E-state index in [1.54, 1.807) is 6.26 Å². The van der Waals surface area contributed by atoms with Crippen LogP contribution in [0.25, 0.3) is 0 Å². The van der Waals surface area contributed by atoms with Gasteiger partial charge in [-0.3, -0.25) is 0 Å². The van der Waals surface area contributed by atoms with Crippen molar-refractivity contribution >= 4 is 0 Å². The van der Waals surface area contributed by atoms with Crippen LogP contribution in [-0.2, 0) is 0 Å². The molecule has 0 aromatic carbocycles. The summed E-state index contributed by atoms with van der Waals surface area (Å²) in [6.45, 7) is 5.61. The van der Waals surface area contributed by atoms with Crippen LogP contribution < -0.4 is 5.32 Å². The molecule has 2 heterocycles. The van der Waals surface area contributed by atoms with Crippen LogP contribution in [0.3, 0.4) is 0 Å². The number of furan rings is 1. The smallest absolute Gasteiger partial charge is 0.0938 e. The molecule has 0 spiro atoms. The lowest BCUT2D eigenvalue weighted by atomic mass is 9.85. The van der Waals surface area contributed by atoms with Crippen molar-refractivity contribution in [1.29, 1.82) is 0 Å². The van der Waals surface area contributed by atoms with E-state index in [0.717, 1.165) is 6.54 Å². The molecule has 12 heavy (non-hydrogen) atoms. The number of hydrogen-bond acceptors (Lipinski definition) is 2. The summed E-state index contributed by atoms with van der Waals surface area (Å²) in [5.74, 6) is 0.608. The molecule has 2 heteroatoms. The first-order valence-electron chi connectivity index (χ1n) is 4.47. The molecule has 66 valence electrons. The van der Waals surface area contributed by atoms with Crippen LogP contribution in [-0.4, -0.2) is 12.1 Å². The second kappa shape index (κ2) is 2.63. The third-order valence-electron chi connectivity index (χ3n) is 2.83. The molecule has 1 aliphatic heterocycles. The molecule has 0 radical (unpaired) electrons. The molecule has 1 N–H and O–H groups in total. The lowest BCUT2D eigenvalue weighted by Gasteiger charge is -2.26. The van der Waals surface area contributed by atoms with Gasteiger partial charge in [-0.15, -0.1) is 0 Å². The van der Waals surface area contributed by atoms with Gasteiger partial charge in [0.15, 0.2) is 0 Å². The van der Waals surface area contributed by atoms with Crippen LogP contribution in [0.1, 0.15) is 31.7 Å². The molecule has 0 bridgehead atoms. The Labute approximate surface area is 73.0 Å². The van der Waals surface area contributed by atoms with E-state index in [4.69, 9.17) is 4.42 Å². The van der Waals surface area contributed by atoms with E-state index in [0.29, 0.717) is 5.92 Å². The first kappa shape index (κ1) is 7.87. The van der Waals surface area contributed by atoms with Crippen molar-refractivity contribution in [2.75, 3.05) is 6.54 Å². The normalized spacial score (nSPS) is 27.7. The van der Waals surface area contributed by atoms with Gasteiger partial charge >= 0.3 is 0 Å². The van der Waals surface area contributed by atoms with E-state index in [-0.39, 0.29) is 5.54 Å². The van der Waals surface area contributed by atoms with Gasteiger partial charge in [-0.25, -0.2) is 0 Å². The molecule has 1 aromatic rings. The summed E-state index contributed by atoms with van der Waals surface area (Å²) in [7, 11) is 0. The highest BCUT2D eigenvalue weighted by molar-refractivity contribution is 5.20. The topological polar surface area (TPSA) is 25.2 Å². The van der Waals surface area contributed by atoms with Gasteiger partial charge in [0.1, 0.15) is 0 Å². The number of rotatable bonds is 1. The zero-order chi connectivity index (χ0) is 8.60. The zero-order valence-electron chi connectivity index (χ0n) is 7.63. The lowest BCUT2D eigenvalue weighted by molar-refractivity contribution is 0.408. The zero-order valence-corrected chi connectivity index (χ0v) is 7.63. The van der Waals surface area contributed by atoms with Gasteiger partial charge in [-0.1, -0.05) is 0 Å². The van der Waals surface area contributed by atoms with Gasteiger partial charge in [-0.05, 0) is 38.4 Å². The molecule has 1 saturated heterocycles. The van der Waals surface area contributed by atoms with E-state index in [9.17, 15) is 0 Å². The Morgan fingerprint density at radius 1 is 1.58 bits per heavy atom. The highest BCUT2D eigenvalue weighted by Gasteiger charge is 2.35. The standard InChI is InChI=1S/C10H15NO/c1-10(2)9(3-5-11-10)8-4-6-12-7-8/h4,6-7,9,11H,3,5H2,1-2H3. The van der Waals surface area contributed by atoms with Crippen LogP contribution in [0.5, 0.6) is 0 Å². The maximum absolute atomic E-state index is 5.09. The molecule has 1 aromatic heterocycles. The van der Waals surface area contributed by atoms with Gasteiger partial charge in [0, 0.05) is 11.5 Å². The fourth-order valence-corrected chi connectivity index (χ4v) is 2.08. The van der Waals surface area contributed by atoms with E-state index < -0.39 is 0 Å². The summed E-state index contributed by atoms with van der Waals surface area (Å²) in [6.07, 6.45) is 4.83. The Bertz CT molecular complexity index is 251. The van der Waals surface area contributed by atoms with E-state index in [1.165, 1.54) is 12.0 Å². The largest absolute Gasteiger partial charge is 0.472 e. The van der Waals surface area contributed by atoms with Crippen molar-refractivity contribution in [2.45, 2.75) is 31.7 Å². The molecule has 0 aliphatic carbocycles. The molecule has 2 rings (SSSR count). The molecular weight excluding hydrogens is 150 g/mol. The third-order valence-corrected chi connectivity index (χ3v) is 2.83. The van der Waals surface area contributed by atoms with Crippen molar-refractivity contribution in [3.63, 3.8) is 0 Å². The van der Waals surface area contributed by atoms with E-state index in [1.807, 2.05) is 6.26 Å². The predicted molar refractivity (Wildman–Crippen MR) is 48.1 cm³/mol. The van der Waals surface area contributed by atoms with Gasteiger partial charge in [0.05, 0.1) is 12.5 Å². The highest BCUT2D eigenvalue weighted by atomic mass is 16.3. The second-order valence-corrected chi connectivity index (χ2v) is 4.05. The summed E-state index contributed by atoms with van der Waals surface area (Å²) in [4.78, 5) is 0. The number of hydrogen-bond donors (Lipinski definition) is 1. The van der Waals surface area contributed by atoms with Crippen LogP contribution in [0.15, 0.2) is 23.0 Å². The lowest BCUT2D eigenvalue weighted by Crippen LogP contribution is -2.36. The van der Waals surface area contributed by atoms with Crippen LogP contribution in [0.4, 0.5) is 0 Å². The summed E-state index contributed by atoms with van der Waals surface area (Å²) >= 11 is 0. The third kappa shape index (κ3) is 1.16. The fraction of sp³-hybridized carbons (Fsp3) is 0.600. The highest BCUT2D eigenvalue weighted by Crippen LogP contribution is 2.35. The molecular formula is C10H15NO. The molecule has 0 saturated carbocycles. The summed E-state index contributed by atoms with van der Waals surface area (Å²) in [6, 6.07) is 2.07. The molecule has 1 fully saturated rings. The van der Waals surface area contributed by atoms with Crippen molar-refractivity contribution in [3.05, 3.63) is 24.2 Å².